The largest absolute Gasteiger partial charge is 0.497 e. The lowest BCUT2D eigenvalue weighted by molar-refractivity contribution is -0.0145. The van der Waals surface area contributed by atoms with Crippen LogP contribution in [0.2, 0.25) is 0 Å². The van der Waals surface area contributed by atoms with Crippen molar-refractivity contribution in [2.24, 2.45) is 5.92 Å². The second kappa shape index (κ2) is 17.8. The zero-order valence-corrected chi connectivity index (χ0v) is 33.5. The molecule has 10 heteroatoms. The van der Waals surface area contributed by atoms with Gasteiger partial charge in [0.2, 0.25) is 5.95 Å². The Hall–Kier alpha value is -7.04. The second-order valence-electron chi connectivity index (χ2n) is 14.6. The number of aromatic amines is 1. The molecule has 0 saturated carbocycles. The highest BCUT2D eigenvalue weighted by Crippen LogP contribution is 2.42. The predicted octanol–water partition coefficient (Wildman–Crippen LogP) is 9.53. The summed E-state index contributed by atoms with van der Waals surface area (Å²) >= 11 is 0. The van der Waals surface area contributed by atoms with E-state index >= 15 is 4.39 Å². The van der Waals surface area contributed by atoms with Gasteiger partial charge in [-0.1, -0.05) is 146 Å². The molecule has 9 nitrogen and oxygen atoms in total. The summed E-state index contributed by atoms with van der Waals surface area (Å²) in [6, 6.07) is 55.7. The van der Waals surface area contributed by atoms with Crippen LogP contribution in [-0.4, -0.2) is 47.0 Å². The van der Waals surface area contributed by atoms with Gasteiger partial charge in [0.25, 0.3) is 5.56 Å². The average molecular weight is 799 g/mol. The molecule has 0 aliphatic heterocycles. The van der Waals surface area contributed by atoms with Crippen LogP contribution in [0.25, 0.3) is 11.2 Å². The van der Waals surface area contributed by atoms with Crippen molar-refractivity contribution in [2.75, 3.05) is 32.8 Å². The minimum Gasteiger partial charge on any atom is -0.497 e. The molecule has 302 valence electrons. The highest BCUT2D eigenvalue weighted by molar-refractivity contribution is 5.71. The standard InChI is InChI=1S/C50H46FN5O4/c1-58-43-27-23-39(24-28-43)49(37-15-7-3-8-16-37,38-17-9-4-10-18-38)55-48-53-46-45(47(57)54-48)52-35-56(46)32-31-36(33-51)34-60-50(40-19-11-5-12-20-40,41-21-13-6-14-22-41)42-25-29-44(59-2)30-26-42/h3-30,35-36H,31-34H2,1-2H3,(H2,53,54,55,57)/i51-1. The lowest BCUT2D eigenvalue weighted by Gasteiger charge is -2.37. The number of nitrogens with zero attached hydrogens (tertiary/aromatic N) is 3. The molecule has 0 fully saturated rings. The molecule has 0 spiro atoms. The van der Waals surface area contributed by atoms with E-state index in [1.54, 1.807) is 20.5 Å². The first-order valence-corrected chi connectivity index (χ1v) is 19.9. The molecule has 2 heterocycles. The summed E-state index contributed by atoms with van der Waals surface area (Å²) in [5, 5.41) is 3.66. The highest BCUT2D eigenvalue weighted by atomic mass is 18.2. The zero-order valence-electron chi connectivity index (χ0n) is 33.5. The molecule has 1 unspecified atom stereocenters. The number of nitrogens with one attached hydrogen (secondary N) is 2. The van der Waals surface area contributed by atoms with Crippen LogP contribution in [0.4, 0.5) is 10.3 Å². The Labute approximate surface area is 348 Å². The highest BCUT2D eigenvalue weighted by Gasteiger charge is 2.39. The van der Waals surface area contributed by atoms with E-state index < -0.39 is 29.3 Å². The van der Waals surface area contributed by atoms with Crippen molar-refractivity contribution in [3.8, 4) is 11.5 Å². The molecule has 1 atom stereocenters. The van der Waals surface area contributed by atoms with Gasteiger partial charge >= 0.3 is 0 Å². The molecule has 2 aromatic heterocycles. The summed E-state index contributed by atoms with van der Waals surface area (Å²) in [4.78, 5) is 26.1. The Kier molecular flexibility index (Phi) is 11.8. The van der Waals surface area contributed by atoms with Crippen LogP contribution in [0.15, 0.2) is 181 Å². The van der Waals surface area contributed by atoms with Gasteiger partial charge in [0.1, 0.15) is 22.6 Å². The summed E-state index contributed by atoms with van der Waals surface area (Å²) in [5.74, 6) is 1.19. The van der Waals surface area contributed by atoms with Gasteiger partial charge in [-0.15, -0.1) is 0 Å². The zero-order chi connectivity index (χ0) is 41.4. The Morgan fingerprint density at radius 1 is 0.650 bits per heavy atom. The molecule has 6 aromatic carbocycles. The predicted molar refractivity (Wildman–Crippen MR) is 233 cm³/mol. The Bertz CT molecular complexity index is 2580. The Morgan fingerprint density at radius 2 is 1.10 bits per heavy atom. The number of aryl methyl sites for hydroxylation is 1. The maximum atomic E-state index is 15.1. The molecule has 60 heavy (non-hydrogen) atoms. The number of H-pyrrole nitrogens is 1. The van der Waals surface area contributed by atoms with E-state index in [0.717, 1.165) is 39.1 Å². The van der Waals surface area contributed by atoms with Gasteiger partial charge in [-0.3, -0.25) is 14.2 Å². The van der Waals surface area contributed by atoms with E-state index in [4.69, 9.17) is 19.2 Å². The third-order valence-corrected chi connectivity index (χ3v) is 11.1. The summed E-state index contributed by atoms with van der Waals surface area (Å²) < 4.78 is 34.9. The monoisotopic (exact) mass is 798 g/mol. The van der Waals surface area contributed by atoms with Crippen LogP contribution in [-0.2, 0) is 22.4 Å². The molecule has 0 aliphatic carbocycles. The summed E-state index contributed by atoms with van der Waals surface area (Å²) in [5.41, 5.74) is 3.64. The minimum atomic E-state index is -1.03. The van der Waals surface area contributed by atoms with Crippen molar-refractivity contribution in [2.45, 2.75) is 24.1 Å². The van der Waals surface area contributed by atoms with Crippen molar-refractivity contribution in [3.63, 3.8) is 0 Å². The van der Waals surface area contributed by atoms with E-state index in [0.29, 0.717) is 24.4 Å². The van der Waals surface area contributed by atoms with E-state index in [9.17, 15) is 4.79 Å². The molecule has 8 rings (SSSR count). The van der Waals surface area contributed by atoms with Gasteiger partial charge in [-0.05, 0) is 64.1 Å². The van der Waals surface area contributed by atoms with E-state index in [2.05, 4.69) is 15.3 Å². The van der Waals surface area contributed by atoms with Crippen molar-refractivity contribution >= 4 is 17.1 Å². The quantitative estimate of drug-likeness (QED) is 0.0885. The summed E-state index contributed by atoms with van der Waals surface area (Å²) in [6.07, 6.45) is 1.98. The number of rotatable bonds is 17. The van der Waals surface area contributed by atoms with Crippen molar-refractivity contribution < 1.29 is 18.6 Å². The third-order valence-electron chi connectivity index (χ3n) is 11.1. The number of imidazole rings is 1. The number of hydrogen-bond acceptors (Lipinski definition) is 7. The summed E-state index contributed by atoms with van der Waals surface area (Å²) in [6.45, 7) is -0.163. The first kappa shape index (κ1) is 39.8. The first-order chi connectivity index (χ1) is 29.5. The molecule has 0 bridgehead atoms. The van der Waals surface area contributed by atoms with Crippen molar-refractivity contribution in [3.05, 3.63) is 220 Å². The van der Waals surface area contributed by atoms with Gasteiger partial charge in [0.05, 0.1) is 33.8 Å². The number of hydrogen-bond donors (Lipinski definition) is 2. The number of fused-ring (bicyclic) bond motifs is 1. The van der Waals surface area contributed by atoms with Crippen LogP contribution in [0.3, 0.4) is 0 Å². The number of anilines is 1. The van der Waals surface area contributed by atoms with Gasteiger partial charge in [0, 0.05) is 12.5 Å². The van der Waals surface area contributed by atoms with Crippen LogP contribution < -0.4 is 20.3 Å². The van der Waals surface area contributed by atoms with Gasteiger partial charge in [-0.2, -0.15) is 4.98 Å². The number of alkyl halides is 1. The molecular weight excluding hydrogens is 753 g/mol. The SMILES string of the molecule is COc1ccc(C(Nc2nc3c(ncn3CCC(C[18F])COC(c3ccccc3)(c3ccccc3)c3ccc(OC)cc3)c(=O)[nH]2)(c2ccccc2)c2ccccc2)cc1. The van der Waals surface area contributed by atoms with Crippen LogP contribution in [0.5, 0.6) is 11.5 Å². The van der Waals surface area contributed by atoms with Crippen LogP contribution in [0, 0.1) is 5.92 Å². The third kappa shape index (κ3) is 7.77. The molecule has 8 aromatic rings. The average Bonchev–Trinajstić information content (AvgIpc) is 3.74. The fourth-order valence-corrected chi connectivity index (χ4v) is 7.98. The molecule has 2 N–H and O–H groups in total. The minimum absolute atomic E-state index is 0.109. The maximum absolute atomic E-state index is 15.1. The normalized spacial score (nSPS) is 12.2. The van der Waals surface area contributed by atoms with E-state index in [-0.39, 0.29) is 18.1 Å². The number of methoxy groups -OCH3 is 2. The maximum Gasteiger partial charge on any atom is 0.280 e. The fourth-order valence-electron chi connectivity index (χ4n) is 7.98. The number of ether oxygens (including phenoxy) is 3. The Morgan fingerprint density at radius 3 is 1.58 bits per heavy atom. The topological polar surface area (TPSA) is 103 Å². The lowest BCUT2D eigenvalue weighted by atomic mass is 9.77. The fraction of sp³-hybridized carbons (Fsp3) is 0.180. The first-order valence-electron chi connectivity index (χ1n) is 19.9. The Balaban J connectivity index is 1.12. The summed E-state index contributed by atoms with van der Waals surface area (Å²) in [7, 11) is 3.27. The van der Waals surface area contributed by atoms with Crippen LogP contribution >= 0.6 is 0 Å². The van der Waals surface area contributed by atoms with Gasteiger partial charge in [-0.25, -0.2) is 4.98 Å². The van der Waals surface area contributed by atoms with Gasteiger partial charge in [0.15, 0.2) is 11.2 Å². The number of aromatic nitrogens is 4. The van der Waals surface area contributed by atoms with E-state index in [1.807, 2.05) is 174 Å². The van der Waals surface area contributed by atoms with E-state index in [1.165, 1.54) is 0 Å². The number of benzene rings is 6. The molecule has 0 amide bonds. The lowest BCUT2D eigenvalue weighted by Crippen LogP contribution is -2.39. The smallest absolute Gasteiger partial charge is 0.280 e. The van der Waals surface area contributed by atoms with Crippen molar-refractivity contribution in [1.29, 1.82) is 0 Å². The molecule has 0 aliphatic rings. The molecule has 0 radical (unpaired) electrons. The van der Waals surface area contributed by atoms with Crippen molar-refractivity contribution in [1.82, 2.24) is 19.5 Å². The van der Waals surface area contributed by atoms with Gasteiger partial charge < -0.3 is 24.1 Å². The number of halogens is 1. The van der Waals surface area contributed by atoms with Crippen LogP contribution in [0.1, 0.15) is 39.8 Å². The molecular formula is C50H46FN5O4. The second-order valence-corrected chi connectivity index (χ2v) is 14.6. The molecule has 0 saturated heterocycles.